The number of ether oxygens (including phenoxy) is 1. The molecule has 0 aliphatic heterocycles. The van der Waals surface area contributed by atoms with Crippen LogP contribution >= 0.6 is 0 Å². The van der Waals surface area contributed by atoms with Gasteiger partial charge in [-0.15, -0.1) is 0 Å². The topological polar surface area (TPSA) is 77.2 Å². The number of nitrogens with zero attached hydrogens (tertiary/aromatic N) is 1. The fraction of sp³-hybridized carbons (Fsp3) is 0.571. The van der Waals surface area contributed by atoms with Crippen LogP contribution in [0, 0.1) is 5.92 Å². The van der Waals surface area contributed by atoms with E-state index >= 15 is 0 Å². The van der Waals surface area contributed by atoms with Gasteiger partial charge in [-0.25, -0.2) is 9.78 Å². The summed E-state index contributed by atoms with van der Waals surface area (Å²) in [6, 6.07) is 3.78. The van der Waals surface area contributed by atoms with Crippen LogP contribution in [-0.4, -0.2) is 30.1 Å². The molecule has 0 aromatic carbocycles. The Balaban J connectivity index is 2.13. The average Bonchev–Trinajstić information content (AvgIpc) is 2.87. The number of hydrogen-bond acceptors (Lipinski definition) is 5. The highest BCUT2D eigenvalue weighted by atomic mass is 16.5. The monoisotopic (exact) mass is 263 g/mol. The van der Waals surface area contributed by atoms with Crippen LogP contribution in [0.25, 0.3) is 0 Å². The van der Waals surface area contributed by atoms with E-state index in [2.05, 4.69) is 10.3 Å². The number of hydrogen-bond donors (Lipinski definition) is 2. The van der Waals surface area contributed by atoms with E-state index in [0.29, 0.717) is 36.5 Å². The fourth-order valence-electron chi connectivity index (χ4n) is 2.58. The summed E-state index contributed by atoms with van der Waals surface area (Å²) in [6.07, 6.45) is 5.05. The Morgan fingerprint density at radius 3 is 3.16 bits per heavy atom. The van der Waals surface area contributed by atoms with E-state index in [9.17, 15) is 4.79 Å². The van der Waals surface area contributed by atoms with E-state index in [0.717, 1.165) is 12.8 Å². The minimum Gasteiger partial charge on any atom is -0.462 e. The molecule has 1 aliphatic rings. The molecule has 5 heteroatoms. The van der Waals surface area contributed by atoms with E-state index in [1.54, 1.807) is 25.3 Å². The first-order valence-electron chi connectivity index (χ1n) is 6.85. The fourth-order valence-corrected chi connectivity index (χ4v) is 2.58. The predicted molar refractivity (Wildman–Crippen MR) is 74.0 cm³/mol. The number of pyridine rings is 1. The van der Waals surface area contributed by atoms with E-state index in [1.807, 2.05) is 0 Å². The first-order valence-corrected chi connectivity index (χ1v) is 6.85. The lowest BCUT2D eigenvalue weighted by molar-refractivity contribution is 0.0527. The summed E-state index contributed by atoms with van der Waals surface area (Å²) in [4.78, 5) is 16.1. The Morgan fingerprint density at radius 2 is 2.42 bits per heavy atom. The number of nitrogens with two attached hydrogens (primary N) is 1. The molecule has 19 heavy (non-hydrogen) atoms. The van der Waals surface area contributed by atoms with Crippen molar-refractivity contribution in [1.29, 1.82) is 0 Å². The maximum Gasteiger partial charge on any atom is 0.341 e. The number of anilines is 1. The van der Waals surface area contributed by atoms with Gasteiger partial charge in [-0.1, -0.05) is 6.42 Å². The lowest BCUT2D eigenvalue weighted by atomic mass is 10.0. The van der Waals surface area contributed by atoms with Gasteiger partial charge in [0.15, 0.2) is 0 Å². The van der Waals surface area contributed by atoms with Gasteiger partial charge in [-0.05, 0) is 44.4 Å². The van der Waals surface area contributed by atoms with Gasteiger partial charge in [-0.3, -0.25) is 0 Å². The molecular weight excluding hydrogens is 242 g/mol. The van der Waals surface area contributed by atoms with Gasteiger partial charge in [0, 0.05) is 12.2 Å². The minimum absolute atomic E-state index is 0.299. The molecule has 0 bridgehead atoms. The van der Waals surface area contributed by atoms with E-state index < -0.39 is 0 Å². The number of nitrogens with one attached hydrogen (secondary N) is 1. The van der Waals surface area contributed by atoms with Crippen molar-refractivity contribution >= 4 is 11.8 Å². The highest BCUT2D eigenvalue weighted by Gasteiger charge is 2.27. The zero-order valence-electron chi connectivity index (χ0n) is 11.3. The minimum atomic E-state index is -0.333. The molecule has 1 heterocycles. The first-order chi connectivity index (χ1) is 9.26. The molecule has 1 fully saturated rings. The van der Waals surface area contributed by atoms with E-state index in [1.165, 1.54) is 6.42 Å². The molecule has 1 aromatic heterocycles. The average molecular weight is 263 g/mol. The first kappa shape index (κ1) is 13.8. The van der Waals surface area contributed by atoms with Crippen LogP contribution in [-0.2, 0) is 4.74 Å². The maximum absolute atomic E-state index is 11.9. The SMILES string of the molecule is CCOC(=O)c1cccnc1NC1CCCC1CN. The quantitative estimate of drug-likeness (QED) is 0.792. The lowest BCUT2D eigenvalue weighted by Crippen LogP contribution is -2.30. The molecule has 1 aromatic rings. The summed E-state index contributed by atoms with van der Waals surface area (Å²) in [5.74, 6) is 0.726. The van der Waals surface area contributed by atoms with Gasteiger partial charge in [0.2, 0.25) is 0 Å². The smallest absolute Gasteiger partial charge is 0.341 e. The van der Waals surface area contributed by atoms with Gasteiger partial charge in [0.25, 0.3) is 0 Å². The second-order valence-electron chi connectivity index (χ2n) is 4.80. The molecule has 3 N–H and O–H groups in total. The van der Waals surface area contributed by atoms with E-state index in [-0.39, 0.29) is 5.97 Å². The van der Waals surface area contributed by atoms with Crippen molar-refractivity contribution in [2.75, 3.05) is 18.5 Å². The Kier molecular flexibility index (Phi) is 4.74. The van der Waals surface area contributed by atoms with Gasteiger partial charge in [0.1, 0.15) is 11.4 Å². The van der Waals surface area contributed by atoms with Crippen LogP contribution in [0.4, 0.5) is 5.82 Å². The van der Waals surface area contributed by atoms with Gasteiger partial charge < -0.3 is 15.8 Å². The molecule has 5 nitrogen and oxygen atoms in total. The molecule has 1 saturated carbocycles. The summed E-state index contributed by atoms with van der Waals surface area (Å²) in [6.45, 7) is 2.82. The lowest BCUT2D eigenvalue weighted by Gasteiger charge is -2.21. The zero-order chi connectivity index (χ0) is 13.7. The number of carbonyl (C=O) groups excluding carboxylic acids is 1. The zero-order valence-corrected chi connectivity index (χ0v) is 11.3. The van der Waals surface area contributed by atoms with E-state index in [4.69, 9.17) is 10.5 Å². The second kappa shape index (κ2) is 6.52. The highest BCUT2D eigenvalue weighted by molar-refractivity contribution is 5.94. The Morgan fingerprint density at radius 1 is 1.58 bits per heavy atom. The summed E-state index contributed by atoms with van der Waals surface area (Å²) in [5.41, 5.74) is 6.26. The molecule has 1 aliphatic carbocycles. The summed E-state index contributed by atoms with van der Waals surface area (Å²) < 4.78 is 5.04. The van der Waals surface area contributed by atoms with Gasteiger partial charge >= 0.3 is 5.97 Å². The Labute approximate surface area is 113 Å². The van der Waals surface area contributed by atoms with Crippen molar-refractivity contribution in [2.24, 2.45) is 11.7 Å². The second-order valence-corrected chi connectivity index (χ2v) is 4.80. The summed E-state index contributed by atoms with van der Waals surface area (Å²) in [7, 11) is 0. The third kappa shape index (κ3) is 3.23. The molecule has 0 saturated heterocycles. The van der Waals surface area contributed by atoms with Crippen molar-refractivity contribution in [3.8, 4) is 0 Å². The van der Waals surface area contributed by atoms with Crippen molar-refractivity contribution in [1.82, 2.24) is 4.98 Å². The number of aromatic nitrogens is 1. The Hall–Kier alpha value is -1.62. The molecule has 0 radical (unpaired) electrons. The number of esters is 1. The standard InChI is InChI=1S/C14H21N3O2/c1-2-19-14(18)11-6-4-8-16-13(11)17-12-7-3-5-10(12)9-15/h4,6,8,10,12H,2-3,5,7,9,15H2,1H3,(H,16,17). The Bertz CT molecular complexity index is 436. The predicted octanol–water partition coefficient (Wildman–Crippen LogP) is 1.80. The van der Waals surface area contributed by atoms with Crippen molar-refractivity contribution < 1.29 is 9.53 Å². The van der Waals surface area contributed by atoms with Crippen LogP contribution in [0.15, 0.2) is 18.3 Å². The molecule has 2 atom stereocenters. The van der Waals surface area contributed by atoms with Crippen molar-refractivity contribution in [3.05, 3.63) is 23.9 Å². The van der Waals surface area contributed by atoms with Crippen LogP contribution in [0.5, 0.6) is 0 Å². The molecule has 2 unspecified atom stereocenters. The normalized spacial score (nSPS) is 22.2. The molecule has 0 amide bonds. The summed E-state index contributed by atoms with van der Waals surface area (Å²) in [5, 5.41) is 3.36. The molecular formula is C14H21N3O2. The molecule has 2 rings (SSSR count). The highest BCUT2D eigenvalue weighted by Crippen LogP contribution is 2.28. The maximum atomic E-state index is 11.9. The third-order valence-corrected chi connectivity index (χ3v) is 3.59. The number of rotatable bonds is 5. The van der Waals surface area contributed by atoms with Crippen LogP contribution in [0.2, 0.25) is 0 Å². The summed E-state index contributed by atoms with van der Waals surface area (Å²) >= 11 is 0. The molecule has 104 valence electrons. The molecule has 0 spiro atoms. The number of carbonyl (C=O) groups is 1. The van der Waals surface area contributed by atoms with Crippen molar-refractivity contribution in [3.63, 3.8) is 0 Å². The van der Waals surface area contributed by atoms with Crippen molar-refractivity contribution in [2.45, 2.75) is 32.2 Å². The van der Waals surface area contributed by atoms with Crippen LogP contribution in [0.3, 0.4) is 0 Å². The van der Waals surface area contributed by atoms with Crippen LogP contribution in [0.1, 0.15) is 36.5 Å². The third-order valence-electron chi connectivity index (χ3n) is 3.59. The van der Waals surface area contributed by atoms with Crippen LogP contribution < -0.4 is 11.1 Å². The van der Waals surface area contributed by atoms with Gasteiger partial charge in [-0.2, -0.15) is 0 Å². The largest absolute Gasteiger partial charge is 0.462 e. The van der Waals surface area contributed by atoms with Gasteiger partial charge in [0.05, 0.1) is 6.61 Å².